The molecule has 0 bridgehead atoms. The van der Waals surface area contributed by atoms with Gasteiger partial charge in [-0.15, -0.1) is 0 Å². The minimum atomic E-state index is -4.42. The topological polar surface area (TPSA) is 58.4 Å². The van der Waals surface area contributed by atoms with Crippen LogP contribution in [0.5, 0.6) is 0 Å². The zero-order valence-electron chi connectivity index (χ0n) is 8.10. The third-order valence-electron chi connectivity index (χ3n) is 1.46. The number of rotatable bonds is 4. The molecular formula is C7H12F3N3OS. The minimum absolute atomic E-state index is 0.0322. The smallest absolute Gasteiger partial charge is 0.392 e. The van der Waals surface area contributed by atoms with Gasteiger partial charge in [-0.1, -0.05) is 12.2 Å². The number of nitrogens with zero attached hydrogens (tertiary/aromatic N) is 1. The molecule has 4 nitrogen and oxygen atoms in total. The maximum Gasteiger partial charge on any atom is 0.405 e. The van der Waals surface area contributed by atoms with E-state index in [2.05, 4.69) is 12.2 Å². The van der Waals surface area contributed by atoms with Gasteiger partial charge in [0, 0.05) is 6.54 Å². The molecule has 0 rings (SSSR count). The summed E-state index contributed by atoms with van der Waals surface area (Å²) in [6, 6.07) is -0.831. The molecule has 0 aliphatic rings. The van der Waals surface area contributed by atoms with E-state index in [4.69, 9.17) is 5.73 Å². The predicted molar refractivity (Wildman–Crippen MR) is 53.5 cm³/mol. The molecule has 0 spiro atoms. The quantitative estimate of drug-likeness (QED) is 0.720. The largest absolute Gasteiger partial charge is 0.405 e. The number of nitrogens with one attached hydrogen (secondary N) is 1. The van der Waals surface area contributed by atoms with Crippen molar-refractivity contribution in [3.8, 4) is 0 Å². The molecule has 0 aromatic heterocycles. The lowest BCUT2D eigenvalue weighted by atomic mass is 10.5. The summed E-state index contributed by atoms with van der Waals surface area (Å²) in [6.07, 6.45) is -4.42. The number of nitrogens with two attached hydrogens (primary N) is 1. The molecule has 0 aromatic carbocycles. The zero-order chi connectivity index (χ0) is 12.1. The van der Waals surface area contributed by atoms with Gasteiger partial charge in [-0.3, -0.25) is 0 Å². The standard InChI is InChI=1S/C7H12F3N3OS/c1-2-13(3-5(11)15)6(14)12-4-7(8,9)10/h2-4H2,1H3,(H2,11,15)(H,12,14). The molecule has 3 N–H and O–H groups in total. The second-order valence-corrected chi connectivity index (χ2v) is 3.28. The molecule has 0 saturated heterocycles. The fraction of sp³-hybridized carbons (Fsp3) is 0.714. The van der Waals surface area contributed by atoms with Crippen LogP contribution < -0.4 is 11.1 Å². The Bertz CT molecular complexity index is 244. The number of thiocarbonyl (C=S) groups is 1. The van der Waals surface area contributed by atoms with Crippen molar-refractivity contribution in [2.45, 2.75) is 13.1 Å². The summed E-state index contributed by atoms with van der Waals surface area (Å²) in [4.78, 5) is 12.3. The molecular weight excluding hydrogens is 231 g/mol. The summed E-state index contributed by atoms with van der Waals surface area (Å²) in [5, 5.41) is 1.73. The van der Waals surface area contributed by atoms with Crippen molar-refractivity contribution in [1.29, 1.82) is 0 Å². The first-order valence-electron chi connectivity index (χ1n) is 4.14. The predicted octanol–water partition coefficient (Wildman–Crippen LogP) is 0.866. The van der Waals surface area contributed by atoms with E-state index < -0.39 is 18.8 Å². The highest BCUT2D eigenvalue weighted by Gasteiger charge is 2.28. The Hall–Kier alpha value is -1.05. The number of hydrogen-bond acceptors (Lipinski definition) is 2. The van der Waals surface area contributed by atoms with E-state index in [1.807, 2.05) is 0 Å². The highest BCUT2D eigenvalue weighted by atomic mass is 32.1. The van der Waals surface area contributed by atoms with Crippen molar-refractivity contribution < 1.29 is 18.0 Å². The first-order chi connectivity index (χ1) is 6.76. The second kappa shape index (κ2) is 5.74. The van der Waals surface area contributed by atoms with Gasteiger partial charge < -0.3 is 16.0 Å². The molecule has 0 atom stereocenters. The Kier molecular flexibility index (Phi) is 5.34. The zero-order valence-corrected chi connectivity index (χ0v) is 8.91. The van der Waals surface area contributed by atoms with Crippen molar-refractivity contribution in [3.63, 3.8) is 0 Å². The van der Waals surface area contributed by atoms with E-state index in [0.29, 0.717) is 0 Å². The number of amides is 2. The van der Waals surface area contributed by atoms with Gasteiger partial charge in [0.15, 0.2) is 0 Å². The maximum atomic E-state index is 11.8. The van der Waals surface area contributed by atoms with Crippen LogP contribution in [0.2, 0.25) is 0 Å². The minimum Gasteiger partial charge on any atom is -0.392 e. The van der Waals surface area contributed by atoms with Crippen LogP contribution in [0, 0.1) is 0 Å². The first-order valence-corrected chi connectivity index (χ1v) is 4.55. The molecule has 0 fully saturated rings. The molecule has 0 aliphatic carbocycles. The maximum absolute atomic E-state index is 11.8. The lowest BCUT2D eigenvalue weighted by molar-refractivity contribution is -0.123. The van der Waals surface area contributed by atoms with Gasteiger partial charge in [-0.25, -0.2) is 4.79 Å². The molecule has 0 aliphatic heterocycles. The monoisotopic (exact) mass is 243 g/mol. The lowest BCUT2D eigenvalue weighted by Gasteiger charge is -2.20. The van der Waals surface area contributed by atoms with Crippen LogP contribution in [0.3, 0.4) is 0 Å². The van der Waals surface area contributed by atoms with Crippen LogP contribution >= 0.6 is 12.2 Å². The van der Waals surface area contributed by atoms with Crippen molar-refractivity contribution in [3.05, 3.63) is 0 Å². The summed E-state index contributed by atoms with van der Waals surface area (Å²) in [5.41, 5.74) is 5.18. The van der Waals surface area contributed by atoms with E-state index in [1.165, 1.54) is 0 Å². The van der Waals surface area contributed by atoms with E-state index in [0.717, 1.165) is 4.90 Å². The molecule has 2 amide bonds. The van der Waals surface area contributed by atoms with Crippen LogP contribution in [-0.4, -0.2) is 41.7 Å². The summed E-state index contributed by atoms with van der Waals surface area (Å²) >= 11 is 4.55. The Morgan fingerprint density at radius 3 is 2.40 bits per heavy atom. The third-order valence-corrected chi connectivity index (χ3v) is 1.58. The number of carbonyl (C=O) groups excluding carboxylic acids is 1. The average Bonchev–Trinajstić information content (AvgIpc) is 2.08. The summed E-state index contributed by atoms with van der Waals surface area (Å²) in [7, 11) is 0. The van der Waals surface area contributed by atoms with Crippen LogP contribution in [0.15, 0.2) is 0 Å². The number of urea groups is 1. The number of carbonyl (C=O) groups is 1. The molecule has 0 unspecified atom stereocenters. The normalized spacial score (nSPS) is 10.9. The van der Waals surface area contributed by atoms with Crippen molar-refractivity contribution in [1.82, 2.24) is 10.2 Å². The summed E-state index contributed by atoms with van der Waals surface area (Å²) in [5.74, 6) is 0. The van der Waals surface area contributed by atoms with Gasteiger partial charge in [0.25, 0.3) is 0 Å². The molecule has 0 aromatic rings. The Morgan fingerprint density at radius 2 is 2.07 bits per heavy atom. The third kappa shape index (κ3) is 6.95. The van der Waals surface area contributed by atoms with Gasteiger partial charge in [0.2, 0.25) is 0 Å². The second-order valence-electron chi connectivity index (χ2n) is 2.75. The number of hydrogen-bond donors (Lipinski definition) is 2. The number of alkyl halides is 3. The van der Waals surface area contributed by atoms with Crippen LogP contribution in [0.1, 0.15) is 6.92 Å². The van der Waals surface area contributed by atoms with E-state index in [1.54, 1.807) is 12.2 Å². The summed E-state index contributed by atoms with van der Waals surface area (Å²) < 4.78 is 35.3. The van der Waals surface area contributed by atoms with Gasteiger partial charge in [0.05, 0.1) is 11.5 Å². The molecule has 0 radical (unpaired) electrons. The van der Waals surface area contributed by atoms with Gasteiger partial charge in [-0.2, -0.15) is 13.2 Å². The van der Waals surface area contributed by atoms with Gasteiger partial charge >= 0.3 is 12.2 Å². The first kappa shape index (κ1) is 13.9. The lowest BCUT2D eigenvalue weighted by Crippen LogP contribution is -2.46. The fourth-order valence-electron chi connectivity index (χ4n) is 0.803. The number of likely N-dealkylation sites (N-methyl/N-ethyl adjacent to an activating group) is 1. The van der Waals surface area contributed by atoms with Crippen molar-refractivity contribution >= 4 is 23.2 Å². The molecule has 15 heavy (non-hydrogen) atoms. The average molecular weight is 243 g/mol. The van der Waals surface area contributed by atoms with Crippen LogP contribution in [0.4, 0.5) is 18.0 Å². The van der Waals surface area contributed by atoms with E-state index in [9.17, 15) is 18.0 Å². The Balaban J connectivity index is 4.11. The molecule has 88 valence electrons. The van der Waals surface area contributed by atoms with Crippen molar-refractivity contribution in [2.75, 3.05) is 19.6 Å². The Morgan fingerprint density at radius 1 is 1.53 bits per heavy atom. The van der Waals surface area contributed by atoms with Crippen LogP contribution in [-0.2, 0) is 0 Å². The van der Waals surface area contributed by atoms with Gasteiger partial charge in [-0.05, 0) is 6.92 Å². The van der Waals surface area contributed by atoms with Gasteiger partial charge in [0.1, 0.15) is 6.54 Å². The SMILES string of the molecule is CCN(CC(N)=S)C(=O)NCC(F)(F)F. The molecule has 0 heterocycles. The molecule has 0 saturated carbocycles. The van der Waals surface area contributed by atoms with Crippen LogP contribution in [0.25, 0.3) is 0 Å². The molecule has 8 heteroatoms. The van der Waals surface area contributed by atoms with E-state index >= 15 is 0 Å². The number of halogens is 3. The highest BCUT2D eigenvalue weighted by Crippen LogP contribution is 2.12. The highest BCUT2D eigenvalue weighted by molar-refractivity contribution is 7.80. The summed E-state index contributed by atoms with van der Waals surface area (Å²) in [6.45, 7) is 0.460. The Labute approximate surface area is 90.6 Å². The van der Waals surface area contributed by atoms with Crippen molar-refractivity contribution in [2.24, 2.45) is 5.73 Å². The fourth-order valence-corrected chi connectivity index (χ4v) is 0.959. The van der Waals surface area contributed by atoms with E-state index in [-0.39, 0.29) is 18.1 Å².